The van der Waals surface area contributed by atoms with Crippen molar-refractivity contribution in [3.8, 4) is 16.8 Å². The van der Waals surface area contributed by atoms with Gasteiger partial charge in [0.05, 0.1) is 16.8 Å². The van der Waals surface area contributed by atoms with Crippen LogP contribution in [0.5, 0.6) is 0 Å². The normalized spacial score (nSPS) is 15.3. The van der Waals surface area contributed by atoms with Crippen LogP contribution in [0.3, 0.4) is 0 Å². The summed E-state index contributed by atoms with van der Waals surface area (Å²) in [5.41, 5.74) is 2.49. The van der Waals surface area contributed by atoms with E-state index in [-0.39, 0.29) is 22.2 Å². The van der Waals surface area contributed by atoms with Gasteiger partial charge in [-0.2, -0.15) is 9.78 Å². The fraction of sp³-hybridized carbons (Fsp3) is 0.304. The predicted molar refractivity (Wildman–Crippen MR) is 114 cm³/mol. The highest BCUT2D eigenvalue weighted by Gasteiger charge is 2.24. The highest BCUT2D eigenvalue weighted by molar-refractivity contribution is 7.90. The van der Waals surface area contributed by atoms with Gasteiger partial charge in [0.2, 0.25) is 0 Å². The number of halogens is 1. The first-order valence-corrected chi connectivity index (χ1v) is 11.9. The molecular weight excluding hydrogens is 403 g/mol. The van der Waals surface area contributed by atoms with E-state index in [1.807, 2.05) is 0 Å². The maximum Gasteiger partial charge on any atom is 0.275 e. The van der Waals surface area contributed by atoms with Crippen LogP contribution >= 0.6 is 0 Å². The van der Waals surface area contributed by atoms with Crippen molar-refractivity contribution in [2.45, 2.75) is 42.9 Å². The summed E-state index contributed by atoms with van der Waals surface area (Å²) in [5, 5.41) is 4.34. The van der Waals surface area contributed by atoms with Gasteiger partial charge in [-0.15, -0.1) is 0 Å². The summed E-state index contributed by atoms with van der Waals surface area (Å²) in [6.07, 6.45) is 7.97. The Morgan fingerprint density at radius 1 is 0.967 bits per heavy atom. The molecule has 0 N–H and O–H groups in total. The Bertz CT molecular complexity index is 1210. The van der Waals surface area contributed by atoms with Gasteiger partial charge in [0, 0.05) is 17.4 Å². The summed E-state index contributed by atoms with van der Waals surface area (Å²) in [7, 11) is -3.30. The zero-order valence-corrected chi connectivity index (χ0v) is 17.5. The quantitative estimate of drug-likeness (QED) is 0.616. The molecule has 2 aromatic carbocycles. The van der Waals surface area contributed by atoms with Crippen LogP contribution in [0.4, 0.5) is 4.39 Å². The Morgan fingerprint density at radius 3 is 2.20 bits per heavy atom. The maximum absolute atomic E-state index is 13.5. The number of aromatic nitrogens is 2. The van der Waals surface area contributed by atoms with Crippen molar-refractivity contribution in [2.75, 3.05) is 6.26 Å². The van der Waals surface area contributed by atoms with Crippen molar-refractivity contribution in [1.29, 1.82) is 0 Å². The van der Waals surface area contributed by atoms with E-state index in [9.17, 15) is 17.6 Å². The van der Waals surface area contributed by atoms with E-state index in [0.717, 1.165) is 43.2 Å². The molecule has 156 valence electrons. The molecule has 0 radical (unpaired) electrons. The lowest BCUT2D eigenvalue weighted by molar-refractivity contribution is 0.439. The molecule has 0 spiro atoms. The Hall–Kier alpha value is -2.80. The number of benzene rings is 2. The number of sulfone groups is 1. The van der Waals surface area contributed by atoms with Gasteiger partial charge >= 0.3 is 0 Å². The molecule has 4 rings (SSSR count). The monoisotopic (exact) mass is 426 g/mol. The van der Waals surface area contributed by atoms with Crippen LogP contribution < -0.4 is 5.56 Å². The molecule has 30 heavy (non-hydrogen) atoms. The Morgan fingerprint density at radius 2 is 1.60 bits per heavy atom. The third-order valence-electron chi connectivity index (χ3n) is 5.69. The molecule has 0 bridgehead atoms. The number of rotatable bonds is 4. The molecule has 5 nitrogen and oxygen atoms in total. The van der Waals surface area contributed by atoms with E-state index in [0.29, 0.717) is 11.3 Å². The van der Waals surface area contributed by atoms with Gasteiger partial charge in [-0.3, -0.25) is 4.79 Å². The lowest BCUT2D eigenvalue weighted by Gasteiger charge is -2.24. The van der Waals surface area contributed by atoms with Gasteiger partial charge in [0.15, 0.2) is 9.84 Å². The number of hydrogen-bond donors (Lipinski definition) is 0. The van der Waals surface area contributed by atoms with Crippen molar-refractivity contribution < 1.29 is 12.8 Å². The van der Waals surface area contributed by atoms with Gasteiger partial charge in [0.25, 0.3) is 5.56 Å². The molecule has 1 aromatic heterocycles. The summed E-state index contributed by atoms with van der Waals surface area (Å²) in [6, 6.07) is 12.2. The highest BCUT2D eigenvalue weighted by atomic mass is 32.2. The molecule has 0 aliphatic heterocycles. The van der Waals surface area contributed by atoms with Gasteiger partial charge in [-0.1, -0.05) is 31.4 Å². The summed E-state index contributed by atoms with van der Waals surface area (Å²) in [4.78, 5) is 13.7. The topological polar surface area (TPSA) is 69.0 Å². The highest BCUT2D eigenvalue weighted by Crippen LogP contribution is 2.36. The minimum absolute atomic E-state index is 0.116. The molecule has 1 heterocycles. The largest absolute Gasteiger partial charge is 0.275 e. The number of nitrogens with zero attached hydrogens (tertiary/aromatic N) is 2. The zero-order valence-electron chi connectivity index (χ0n) is 16.7. The van der Waals surface area contributed by atoms with E-state index in [2.05, 4.69) is 5.10 Å². The molecule has 0 unspecified atom stereocenters. The summed E-state index contributed by atoms with van der Waals surface area (Å²) < 4.78 is 38.2. The van der Waals surface area contributed by atoms with E-state index in [1.165, 1.54) is 35.2 Å². The first kappa shape index (κ1) is 20.5. The Labute approximate surface area is 175 Å². The Kier molecular flexibility index (Phi) is 5.56. The van der Waals surface area contributed by atoms with Crippen LogP contribution in [0.1, 0.15) is 43.6 Å². The lowest BCUT2D eigenvalue weighted by atomic mass is 9.82. The fourth-order valence-electron chi connectivity index (χ4n) is 4.13. The smallest absolute Gasteiger partial charge is 0.267 e. The fourth-order valence-corrected chi connectivity index (χ4v) is 4.76. The first-order valence-electron chi connectivity index (χ1n) is 10.0. The third kappa shape index (κ3) is 4.07. The third-order valence-corrected chi connectivity index (χ3v) is 6.82. The zero-order chi connectivity index (χ0) is 21.3. The molecule has 1 fully saturated rings. The molecule has 7 heteroatoms. The molecule has 0 atom stereocenters. The summed E-state index contributed by atoms with van der Waals surface area (Å²) in [5.74, 6) is -0.257. The molecule has 1 aliphatic rings. The van der Waals surface area contributed by atoms with Crippen LogP contribution in [-0.2, 0) is 9.84 Å². The van der Waals surface area contributed by atoms with Gasteiger partial charge in [0.1, 0.15) is 5.82 Å². The second-order valence-electron chi connectivity index (χ2n) is 7.80. The van der Waals surface area contributed by atoms with Crippen molar-refractivity contribution in [1.82, 2.24) is 9.78 Å². The first-order chi connectivity index (χ1) is 14.3. The van der Waals surface area contributed by atoms with Crippen LogP contribution in [-0.4, -0.2) is 24.5 Å². The Balaban J connectivity index is 1.86. The maximum atomic E-state index is 13.5. The van der Waals surface area contributed by atoms with Crippen molar-refractivity contribution in [3.63, 3.8) is 0 Å². The molecular formula is C23H23FN2O3S. The molecule has 1 saturated carbocycles. The van der Waals surface area contributed by atoms with Crippen molar-refractivity contribution in [3.05, 3.63) is 76.5 Å². The van der Waals surface area contributed by atoms with Gasteiger partial charge in [-0.05, 0) is 60.7 Å². The average molecular weight is 427 g/mol. The van der Waals surface area contributed by atoms with E-state index >= 15 is 0 Å². The number of hydrogen-bond acceptors (Lipinski definition) is 4. The standard InChI is InChI=1S/C23H23FN2O3S/c1-30(28,29)20-13-7-16(8-14-20)21-15-25-26(19-11-9-18(24)10-12-19)23(27)22(21)17-5-3-2-4-6-17/h7-15,17H,2-6H2,1H3. The molecule has 0 amide bonds. The second kappa shape index (κ2) is 8.14. The SMILES string of the molecule is CS(=O)(=O)c1ccc(-c2cnn(-c3ccc(F)cc3)c(=O)c2C2CCCCC2)cc1. The van der Waals surface area contributed by atoms with Gasteiger partial charge in [-0.25, -0.2) is 12.8 Å². The molecule has 3 aromatic rings. The van der Waals surface area contributed by atoms with Gasteiger partial charge < -0.3 is 0 Å². The average Bonchev–Trinajstić information content (AvgIpc) is 2.74. The van der Waals surface area contributed by atoms with Crippen molar-refractivity contribution >= 4 is 9.84 Å². The minimum Gasteiger partial charge on any atom is -0.267 e. The van der Waals surface area contributed by atoms with Crippen molar-refractivity contribution in [2.24, 2.45) is 0 Å². The minimum atomic E-state index is -3.30. The molecule has 0 saturated heterocycles. The van der Waals surface area contributed by atoms with Crippen LogP contribution in [0.15, 0.2) is 64.4 Å². The van der Waals surface area contributed by atoms with E-state index < -0.39 is 9.84 Å². The lowest BCUT2D eigenvalue weighted by Crippen LogP contribution is -2.28. The van der Waals surface area contributed by atoms with Crippen LogP contribution in [0.25, 0.3) is 16.8 Å². The van der Waals surface area contributed by atoms with Crippen LogP contribution in [0, 0.1) is 5.82 Å². The summed E-state index contributed by atoms with van der Waals surface area (Å²) in [6.45, 7) is 0. The van der Waals surface area contributed by atoms with Crippen LogP contribution in [0.2, 0.25) is 0 Å². The van der Waals surface area contributed by atoms with E-state index in [1.54, 1.807) is 30.5 Å². The second-order valence-corrected chi connectivity index (χ2v) is 9.81. The predicted octanol–water partition coefficient (Wildman–Crippen LogP) is 4.49. The molecule has 1 aliphatic carbocycles. The summed E-state index contributed by atoms with van der Waals surface area (Å²) >= 11 is 0. The van der Waals surface area contributed by atoms with E-state index in [4.69, 9.17) is 0 Å².